The highest BCUT2D eigenvalue weighted by Gasteiger charge is 2.14. The lowest BCUT2D eigenvalue weighted by Gasteiger charge is -2.06. The lowest BCUT2D eigenvalue weighted by molar-refractivity contribution is 0.628. The van der Waals surface area contributed by atoms with Gasteiger partial charge in [0.1, 0.15) is 16.6 Å². The zero-order valence-electron chi connectivity index (χ0n) is 17.1. The molecule has 0 fully saturated rings. The van der Waals surface area contributed by atoms with E-state index in [4.69, 9.17) is 4.98 Å². The molecule has 0 amide bonds. The molecule has 2 aromatic carbocycles. The van der Waals surface area contributed by atoms with Crippen LogP contribution in [0, 0.1) is 5.82 Å². The predicted octanol–water partition coefficient (Wildman–Crippen LogP) is 6.75. The molecule has 0 saturated heterocycles. The first-order valence-electron chi connectivity index (χ1n) is 9.93. The maximum Gasteiger partial charge on any atom is 0.191 e. The fourth-order valence-corrected chi connectivity index (χ4v) is 6.98. The topological polar surface area (TPSA) is 56.5 Å². The van der Waals surface area contributed by atoms with E-state index in [1.54, 1.807) is 58.3 Å². The van der Waals surface area contributed by atoms with Crippen molar-refractivity contribution in [3.8, 4) is 10.6 Å². The quantitative estimate of drug-likeness (QED) is 0.220. The summed E-state index contributed by atoms with van der Waals surface area (Å²) in [5.74, 6) is 2.15. The maximum absolute atomic E-state index is 13.1. The third-order valence-electron chi connectivity index (χ3n) is 4.70. The van der Waals surface area contributed by atoms with Gasteiger partial charge in [0, 0.05) is 23.2 Å². The Morgan fingerprint density at radius 3 is 2.62 bits per heavy atom. The third kappa shape index (κ3) is 4.73. The van der Waals surface area contributed by atoms with Gasteiger partial charge in [-0.05, 0) is 43.3 Å². The standard InChI is InChI=1S/C22H18FN5S4/c1-2-28-19(13-31-22-25-17-5-3-4-6-18(17)32-22)26-27-21(28)30-12-16-11-29-20(24-16)14-7-9-15(23)10-8-14/h3-11H,2,12-13H2,1H3. The van der Waals surface area contributed by atoms with Crippen LogP contribution in [-0.2, 0) is 18.1 Å². The lowest BCUT2D eigenvalue weighted by atomic mass is 10.2. The first-order chi connectivity index (χ1) is 15.7. The van der Waals surface area contributed by atoms with Crippen molar-refractivity contribution >= 4 is 56.4 Å². The van der Waals surface area contributed by atoms with Crippen molar-refractivity contribution in [1.29, 1.82) is 0 Å². The molecule has 5 rings (SSSR count). The number of halogens is 1. The second-order valence-electron chi connectivity index (χ2n) is 6.82. The Labute approximate surface area is 201 Å². The average molecular weight is 500 g/mol. The van der Waals surface area contributed by atoms with Crippen LogP contribution < -0.4 is 0 Å². The summed E-state index contributed by atoms with van der Waals surface area (Å²) in [5.41, 5.74) is 2.95. The van der Waals surface area contributed by atoms with Gasteiger partial charge in [0.15, 0.2) is 9.50 Å². The van der Waals surface area contributed by atoms with Crippen LogP contribution in [0.5, 0.6) is 0 Å². The van der Waals surface area contributed by atoms with E-state index in [2.05, 4.69) is 32.7 Å². The monoisotopic (exact) mass is 499 g/mol. The van der Waals surface area contributed by atoms with Crippen molar-refractivity contribution < 1.29 is 4.39 Å². The van der Waals surface area contributed by atoms with Crippen LogP contribution in [0.1, 0.15) is 18.4 Å². The molecule has 0 bridgehead atoms. The molecule has 10 heteroatoms. The van der Waals surface area contributed by atoms with Gasteiger partial charge in [0.2, 0.25) is 0 Å². The van der Waals surface area contributed by atoms with E-state index >= 15 is 0 Å². The summed E-state index contributed by atoms with van der Waals surface area (Å²) in [6.07, 6.45) is 0. The van der Waals surface area contributed by atoms with Crippen LogP contribution in [0.4, 0.5) is 4.39 Å². The van der Waals surface area contributed by atoms with Crippen LogP contribution in [-0.4, -0.2) is 24.7 Å². The van der Waals surface area contributed by atoms with Gasteiger partial charge in [-0.3, -0.25) is 0 Å². The van der Waals surface area contributed by atoms with Crippen LogP contribution >= 0.6 is 46.2 Å². The number of hydrogen-bond donors (Lipinski definition) is 0. The Hall–Kier alpha value is -2.27. The summed E-state index contributed by atoms with van der Waals surface area (Å²) >= 11 is 6.60. The van der Waals surface area contributed by atoms with E-state index in [1.807, 2.05) is 23.6 Å². The van der Waals surface area contributed by atoms with Crippen molar-refractivity contribution in [3.63, 3.8) is 0 Å². The molecule has 0 spiro atoms. The van der Waals surface area contributed by atoms with E-state index < -0.39 is 0 Å². The van der Waals surface area contributed by atoms with E-state index in [-0.39, 0.29) is 5.82 Å². The van der Waals surface area contributed by atoms with E-state index in [0.717, 1.165) is 49.4 Å². The van der Waals surface area contributed by atoms with Crippen molar-refractivity contribution in [2.45, 2.75) is 34.5 Å². The van der Waals surface area contributed by atoms with Crippen LogP contribution in [0.25, 0.3) is 20.8 Å². The summed E-state index contributed by atoms with van der Waals surface area (Å²) in [5, 5.41) is 12.7. The molecule has 0 radical (unpaired) electrons. The zero-order valence-corrected chi connectivity index (χ0v) is 20.3. The normalized spacial score (nSPS) is 11.4. The smallest absolute Gasteiger partial charge is 0.191 e. The highest BCUT2D eigenvalue weighted by Crippen LogP contribution is 2.32. The molecule has 0 aliphatic heterocycles. The Kier molecular flexibility index (Phi) is 6.54. The van der Waals surface area contributed by atoms with Gasteiger partial charge >= 0.3 is 0 Å². The number of benzene rings is 2. The number of aromatic nitrogens is 5. The average Bonchev–Trinajstić information content (AvgIpc) is 3.54. The molecule has 0 atom stereocenters. The number of hydrogen-bond acceptors (Lipinski definition) is 8. The number of rotatable bonds is 8. The molecule has 3 aromatic heterocycles. The molecule has 0 aliphatic carbocycles. The Morgan fingerprint density at radius 2 is 1.81 bits per heavy atom. The third-order valence-corrected chi connectivity index (χ3v) is 8.82. The zero-order chi connectivity index (χ0) is 21.9. The lowest BCUT2D eigenvalue weighted by Crippen LogP contribution is -2.02. The largest absolute Gasteiger partial charge is 0.306 e. The number of nitrogens with zero attached hydrogens (tertiary/aromatic N) is 5. The Bertz CT molecular complexity index is 1310. The van der Waals surface area contributed by atoms with Gasteiger partial charge < -0.3 is 4.57 Å². The van der Waals surface area contributed by atoms with Crippen molar-refractivity contribution in [3.05, 3.63) is 71.2 Å². The van der Waals surface area contributed by atoms with Gasteiger partial charge in [0.25, 0.3) is 0 Å². The number of fused-ring (bicyclic) bond motifs is 1. The number of para-hydroxylation sites is 1. The minimum Gasteiger partial charge on any atom is -0.306 e. The van der Waals surface area contributed by atoms with E-state index in [0.29, 0.717) is 5.75 Å². The highest BCUT2D eigenvalue weighted by molar-refractivity contribution is 8.00. The van der Waals surface area contributed by atoms with Crippen LogP contribution in [0.3, 0.4) is 0 Å². The second kappa shape index (κ2) is 9.70. The molecule has 5 nitrogen and oxygen atoms in total. The molecule has 0 unspecified atom stereocenters. The molecule has 32 heavy (non-hydrogen) atoms. The summed E-state index contributed by atoms with van der Waals surface area (Å²) in [4.78, 5) is 9.38. The first-order valence-corrected chi connectivity index (χ1v) is 13.6. The molecule has 5 aromatic rings. The highest BCUT2D eigenvalue weighted by atomic mass is 32.2. The van der Waals surface area contributed by atoms with Crippen molar-refractivity contribution in [2.75, 3.05) is 0 Å². The molecular formula is C22H18FN5S4. The minimum atomic E-state index is -0.239. The van der Waals surface area contributed by atoms with E-state index in [1.165, 1.54) is 16.8 Å². The molecule has 0 N–H and O–H groups in total. The summed E-state index contributed by atoms with van der Waals surface area (Å²) in [7, 11) is 0. The number of thioether (sulfide) groups is 2. The molecule has 0 aliphatic rings. The van der Waals surface area contributed by atoms with Crippen molar-refractivity contribution in [2.24, 2.45) is 0 Å². The van der Waals surface area contributed by atoms with Gasteiger partial charge in [-0.1, -0.05) is 35.7 Å². The fraction of sp³-hybridized carbons (Fsp3) is 0.182. The maximum atomic E-state index is 13.1. The summed E-state index contributed by atoms with van der Waals surface area (Å²) in [6.45, 7) is 2.91. The van der Waals surface area contributed by atoms with Crippen molar-refractivity contribution in [1.82, 2.24) is 24.7 Å². The Morgan fingerprint density at radius 1 is 0.969 bits per heavy atom. The van der Waals surface area contributed by atoms with Crippen LogP contribution in [0.15, 0.2) is 63.4 Å². The molecular weight excluding hydrogens is 482 g/mol. The summed E-state index contributed by atoms with van der Waals surface area (Å²) in [6, 6.07) is 14.6. The minimum absolute atomic E-state index is 0.239. The SMILES string of the molecule is CCn1c(CSc2nc3ccccc3s2)nnc1SCc1csc(-c2ccc(F)cc2)n1. The second-order valence-corrected chi connectivity index (χ2v) is 10.9. The Balaban J connectivity index is 1.23. The molecule has 3 heterocycles. The molecule has 162 valence electrons. The van der Waals surface area contributed by atoms with Gasteiger partial charge in [-0.25, -0.2) is 14.4 Å². The van der Waals surface area contributed by atoms with Crippen LogP contribution in [0.2, 0.25) is 0 Å². The van der Waals surface area contributed by atoms with Gasteiger partial charge in [0.05, 0.1) is 21.7 Å². The van der Waals surface area contributed by atoms with Gasteiger partial charge in [-0.15, -0.1) is 32.9 Å². The first kappa shape index (κ1) is 21.6. The molecule has 0 saturated carbocycles. The number of thiazole rings is 2. The van der Waals surface area contributed by atoms with Gasteiger partial charge in [-0.2, -0.15) is 0 Å². The van der Waals surface area contributed by atoms with E-state index in [9.17, 15) is 4.39 Å². The predicted molar refractivity (Wildman–Crippen MR) is 132 cm³/mol. The summed E-state index contributed by atoms with van der Waals surface area (Å²) < 4.78 is 17.5. The fourth-order valence-electron chi connectivity index (χ4n) is 3.13.